The van der Waals surface area contributed by atoms with Crippen LogP contribution in [0.5, 0.6) is 0 Å². The van der Waals surface area contributed by atoms with E-state index in [4.69, 9.17) is 5.11 Å². The molecular formula is C11H17F2N3O2. The fourth-order valence-electron chi connectivity index (χ4n) is 1.71. The summed E-state index contributed by atoms with van der Waals surface area (Å²) in [4.78, 5) is 18.3. The van der Waals surface area contributed by atoms with Crippen LogP contribution in [0.2, 0.25) is 0 Å². The zero-order chi connectivity index (χ0) is 13.9. The molecule has 5 nitrogen and oxygen atoms in total. The van der Waals surface area contributed by atoms with Crippen LogP contribution in [0.3, 0.4) is 0 Å². The van der Waals surface area contributed by atoms with E-state index in [2.05, 4.69) is 15.3 Å². The molecule has 0 fully saturated rings. The number of nitrogens with zero attached hydrogens (tertiary/aromatic N) is 1. The fourth-order valence-corrected chi connectivity index (χ4v) is 1.71. The number of aryl methyl sites for hydroxylation is 2. The molecule has 1 heterocycles. The molecule has 102 valence electrons. The Morgan fingerprint density at radius 2 is 2.11 bits per heavy atom. The van der Waals surface area contributed by atoms with Crippen molar-refractivity contribution in [2.24, 2.45) is 0 Å². The van der Waals surface area contributed by atoms with Gasteiger partial charge >= 0.3 is 0 Å². The van der Waals surface area contributed by atoms with Gasteiger partial charge in [-0.1, -0.05) is 0 Å². The molecule has 1 aromatic heterocycles. The minimum absolute atomic E-state index is 0.328. The van der Waals surface area contributed by atoms with Crippen molar-refractivity contribution in [3.05, 3.63) is 27.4 Å². The summed E-state index contributed by atoms with van der Waals surface area (Å²) in [6.07, 6.45) is 0. The number of hydrogen-bond donors (Lipinski definition) is 3. The zero-order valence-electron chi connectivity index (χ0n) is 10.6. The van der Waals surface area contributed by atoms with E-state index in [-0.39, 0.29) is 5.56 Å². The minimum atomic E-state index is -3.20. The Kier molecular flexibility index (Phi) is 4.53. The number of aliphatic hydroxyl groups is 1. The number of aromatic amines is 1. The number of hydrogen-bond acceptors (Lipinski definition) is 4. The first-order valence-electron chi connectivity index (χ1n) is 5.56. The first kappa shape index (κ1) is 14.7. The van der Waals surface area contributed by atoms with Gasteiger partial charge in [-0.2, -0.15) is 0 Å². The molecule has 0 saturated carbocycles. The van der Waals surface area contributed by atoms with E-state index in [0.29, 0.717) is 17.1 Å². The van der Waals surface area contributed by atoms with E-state index in [9.17, 15) is 13.6 Å². The van der Waals surface area contributed by atoms with Gasteiger partial charge in [0.25, 0.3) is 11.5 Å². The van der Waals surface area contributed by atoms with Crippen LogP contribution in [-0.2, 0) is 0 Å². The van der Waals surface area contributed by atoms with Crippen molar-refractivity contribution in [2.75, 3.05) is 13.2 Å². The summed E-state index contributed by atoms with van der Waals surface area (Å²) in [7, 11) is 0. The summed E-state index contributed by atoms with van der Waals surface area (Å²) < 4.78 is 25.8. The van der Waals surface area contributed by atoms with Gasteiger partial charge in [-0.3, -0.25) is 4.79 Å². The Morgan fingerprint density at radius 3 is 2.61 bits per heavy atom. The predicted octanol–water partition coefficient (Wildman–Crippen LogP) is 0.665. The van der Waals surface area contributed by atoms with Gasteiger partial charge in [0.05, 0.1) is 12.1 Å². The monoisotopic (exact) mass is 261 g/mol. The maximum absolute atomic E-state index is 12.9. The Hall–Kier alpha value is -1.34. The largest absolute Gasteiger partial charge is 0.390 e. The topological polar surface area (TPSA) is 78.0 Å². The third kappa shape index (κ3) is 3.58. The van der Waals surface area contributed by atoms with Crippen LogP contribution in [0.4, 0.5) is 8.78 Å². The lowest BCUT2D eigenvalue weighted by Gasteiger charge is -2.19. The van der Waals surface area contributed by atoms with Crippen LogP contribution in [0, 0.1) is 13.8 Å². The second kappa shape index (κ2) is 5.53. The molecule has 0 aromatic carbocycles. The van der Waals surface area contributed by atoms with Crippen molar-refractivity contribution >= 4 is 0 Å². The Bertz CT molecular complexity index is 474. The zero-order valence-corrected chi connectivity index (χ0v) is 10.6. The molecular weight excluding hydrogens is 244 g/mol. The maximum Gasteiger partial charge on any atom is 0.282 e. The lowest BCUT2D eigenvalue weighted by Crippen LogP contribution is -2.38. The Labute approximate surface area is 103 Å². The second-order valence-corrected chi connectivity index (χ2v) is 4.27. The molecule has 1 rings (SSSR count). The molecule has 1 atom stereocenters. The fraction of sp³-hybridized carbons (Fsp3) is 0.636. The first-order valence-corrected chi connectivity index (χ1v) is 5.56. The average molecular weight is 261 g/mol. The molecule has 0 aliphatic rings. The highest BCUT2D eigenvalue weighted by atomic mass is 19.3. The molecule has 1 aromatic rings. The maximum atomic E-state index is 12.9. The molecule has 0 amide bonds. The van der Waals surface area contributed by atoms with Crippen LogP contribution in [0.1, 0.15) is 30.0 Å². The highest BCUT2D eigenvalue weighted by Crippen LogP contribution is 2.15. The van der Waals surface area contributed by atoms with Crippen molar-refractivity contribution in [1.82, 2.24) is 15.3 Å². The number of alkyl halides is 2. The van der Waals surface area contributed by atoms with Gasteiger partial charge in [0, 0.05) is 11.7 Å². The van der Waals surface area contributed by atoms with Gasteiger partial charge in [-0.25, -0.2) is 13.8 Å². The molecule has 1 unspecified atom stereocenters. The summed E-state index contributed by atoms with van der Waals surface area (Å²) in [6, 6.07) is -0.570. The van der Waals surface area contributed by atoms with E-state index in [0.717, 1.165) is 0 Å². The van der Waals surface area contributed by atoms with Gasteiger partial charge < -0.3 is 15.4 Å². The number of rotatable bonds is 5. The van der Waals surface area contributed by atoms with E-state index >= 15 is 0 Å². The smallest absolute Gasteiger partial charge is 0.282 e. The molecule has 0 aliphatic heterocycles. The Balaban J connectivity index is 2.86. The third-order valence-electron chi connectivity index (χ3n) is 2.60. The van der Waals surface area contributed by atoms with Crippen LogP contribution in [-0.4, -0.2) is 34.1 Å². The summed E-state index contributed by atoms with van der Waals surface area (Å²) in [5, 5.41) is 11.0. The first-order chi connectivity index (χ1) is 8.26. The lowest BCUT2D eigenvalue weighted by molar-refractivity contribution is -0.0491. The van der Waals surface area contributed by atoms with E-state index in [1.165, 1.54) is 0 Å². The highest BCUT2D eigenvalue weighted by Gasteiger charge is 2.28. The van der Waals surface area contributed by atoms with Crippen LogP contribution >= 0.6 is 0 Å². The number of halogens is 2. The van der Waals surface area contributed by atoms with E-state index in [1.54, 1.807) is 20.8 Å². The quantitative estimate of drug-likeness (QED) is 0.728. The van der Waals surface area contributed by atoms with Crippen LogP contribution in [0.15, 0.2) is 4.79 Å². The number of aromatic nitrogens is 2. The summed E-state index contributed by atoms with van der Waals surface area (Å²) in [6.45, 7) is 2.98. The third-order valence-corrected chi connectivity index (χ3v) is 2.60. The number of nitrogens with one attached hydrogen (secondary N) is 2. The Morgan fingerprint density at radius 1 is 1.50 bits per heavy atom. The highest BCUT2D eigenvalue weighted by molar-refractivity contribution is 5.20. The molecule has 3 N–H and O–H groups in total. The standard InChI is InChI=1S/C11H17F2N3O2/c1-6(14-4-11(12,13)5-17)9-7(2)15-8(3)16-10(9)18/h6,14,17H,4-5H2,1-3H3,(H,15,16,18). The molecule has 0 radical (unpaired) electrons. The summed E-state index contributed by atoms with van der Waals surface area (Å²) in [5.41, 5.74) is 0.491. The van der Waals surface area contributed by atoms with Crippen molar-refractivity contribution in [3.8, 4) is 0 Å². The normalized spacial score (nSPS) is 13.7. The molecule has 0 spiro atoms. The SMILES string of the molecule is Cc1nc(C)c(C(C)NCC(F)(F)CO)c(=O)[nH]1. The van der Waals surface area contributed by atoms with Crippen LogP contribution in [0.25, 0.3) is 0 Å². The summed E-state index contributed by atoms with van der Waals surface area (Å²) >= 11 is 0. The molecule has 7 heteroatoms. The van der Waals surface area contributed by atoms with Crippen molar-refractivity contribution in [2.45, 2.75) is 32.7 Å². The number of aliphatic hydroxyl groups excluding tert-OH is 1. The van der Waals surface area contributed by atoms with Crippen molar-refractivity contribution in [3.63, 3.8) is 0 Å². The van der Waals surface area contributed by atoms with Crippen molar-refractivity contribution in [1.29, 1.82) is 0 Å². The van der Waals surface area contributed by atoms with Gasteiger partial charge in [0.2, 0.25) is 0 Å². The van der Waals surface area contributed by atoms with Gasteiger partial charge in [-0.05, 0) is 20.8 Å². The number of H-pyrrole nitrogens is 1. The van der Waals surface area contributed by atoms with E-state index in [1.807, 2.05) is 0 Å². The lowest BCUT2D eigenvalue weighted by atomic mass is 10.1. The average Bonchev–Trinajstić information content (AvgIpc) is 2.25. The minimum Gasteiger partial charge on any atom is -0.390 e. The van der Waals surface area contributed by atoms with Gasteiger partial charge in [0.1, 0.15) is 12.4 Å². The van der Waals surface area contributed by atoms with Gasteiger partial charge in [-0.15, -0.1) is 0 Å². The van der Waals surface area contributed by atoms with Crippen LogP contribution < -0.4 is 10.9 Å². The summed E-state index contributed by atoms with van der Waals surface area (Å²) in [5.74, 6) is -2.72. The molecule has 0 aliphatic carbocycles. The van der Waals surface area contributed by atoms with E-state index < -0.39 is 25.1 Å². The molecule has 0 bridgehead atoms. The van der Waals surface area contributed by atoms with Gasteiger partial charge in [0.15, 0.2) is 0 Å². The molecule has 0 saturated heterocycles. The van der Waals surface area contributed by atoms with Crippen molar-refractivity contribution < 1.29 is 13.9 Å². The second-order valence-electron chi connectivity index (χ2n) is 4.27. The molecule has 18 heavy (non-hydrogen) atoms. The predicted molar refractivity (Wildman–Crippen MR) is 62.8 cm³/mol.